The number of hydrogen-bond donors (Lipinski definition) is 2. The van der Waals surface area contributed by atoms with Crippen molar-refractivity contribution < 1.29 is 5.11 Å². The average Bonchev–Trinajstić information content (AvgIpc) is 2.74. The third-order valence-corrected chi connectivity index (χ3v) is 3.71. The Labute approximate surface area is 105 Å². The standard InChI is InChI=1S/C13H16N2OS/c1-3-11-12(8-14-2)17-13(15-11)9-4-6-10(16)7-5-9/h4-7,14,16H,3,8H2,1-2H3. The average molecular weight is 248 g/mol. The van der Waals surface area contributed by atoms with Crippen molar-refractivity contribution in [3.8, 4) is 16.3 Å². The summed E-state index contributed by atoms with van der Waals surface area (Å²) in [6.45, 7) is 2.98. The van der Waals surface area contributed by atoms with Crippen LogP contribution >= 0.6 is 11.3 Å². The molecule has 0 spiro atoms. The van der Waals surface area contributed by atoms with Crippen LogP contribution in [0.3, 0.4) is 0 Å². The van der Waals surface area contributed by atoms with E-state index in [4.69, 9.17) is 0 Å². The van der Waals surface area contributed by atoms with Crippen molar-refractivity contribution in [1.29, 1.82) is 0 Å². The molecule has 0 aliphatic rings. The zero-order valence-corrected chi connectivity index (χ0v) is 10.8. The van der Waals surface area contributed by atoms with Crippen LogP contribution in [0.1, 0.15) is 17.5 Å². The number of aromatic nitrogens is 1. The zero-order chi connectivity index (χ0) is 12.3. The Bertz CT molecular complexity index is 491. The molecule has 0 atom stereocenters. The van der Waals surface area contributed by atoms with Crippen LogP contribution in [-0.4, -0.2) is 17.1 Å². The van der Waals surface area contributed by atoms with E-state index in [9.17, 15) is 5.11 Å². The van der Waals surface area contributed by atoms with Gasteiger partial charge in [0.2, 0.25) is 0 Å². The number of hydrogen-bond acceptors (Lipinski definition) is 4. The molecule has 1 aromatic heterocycles. The molecule has 1 heterocycles. The maximum absolute atomic E-state index is 9.27. The molecule has 0 bridgehead atoms. The molecule has 1 aromatic carbocycles. The van der Waals surface area contributed by atoms with Gasteiger partial charge in [0.05, 0.1) is 5.69 Å². The quantitative estimate of drug-likeness (QED) is 0.874. The normalized spacial score (nSPS) is 10.7. The number of rotatable bonds is 4. The number of aryl methyl sites for hydroxylation is 1. The molecule has 2 aromatic rings. The smallest absolute Gasteiger partial charge is 0.123 e. The highest BCUT2D eigenvalue weighted by atomic mass is 32.1. The highest BCUT2D eigenvalue weighted by Crippen LogP contribution is 2.29. The second kappa shape index (κ2) is 5.29. The summed E-state index contributed by atoms with van der Waals surface area (Å²) in [5.74, 6) is 0.288. The van der Waals surface area contributed by atoms with Crippen LogP contribution in [0.4, 0.5) is 0 Å². The Hall–Kier alpha value is -1.39. The molecule has 0 radical (unpaired) electrons. The van der Waals surface area contributed by atoms with Crippen LogP contribution < -0.4 is 5.32 Å². The first kappa shape index (κ1) is 12.1. The van der Waals surface area contributed by atoms with Gasteiger partial charge in [0.25, 0.3) is 0 Å². The first-order valence-corrected chi connectivity index (χ1v) is 6.48. The summed E-state index contributed by atoms with van der Waals surface area (Å²) in [6.07, 6.45) is 0.950. The maximum atomic E-state index is 9.27. The van der Waals surface area contributed by atoms with Gasteiger partial charge in [-0.3, -0.25) is 0 Å². The molecule has 0 saturated heterocycles. The van der Waals surface area contributed by atoms with E-state index in [1.807, 2.05) is 19.2 Å². The molecule has 0 saturated carbocycles. The predicted octanol–water partition coefficient (Wildman–Crippen LogP) is 2.80. The lowest BCUT2D eigenvalue weighted by Gasteiger charge is -1.96. The van der Waals surface area contributed by atoms with E-state index in [0.29, 0.717) is 0 Å². The summed E-state index contributed by atoms with van der Waals surface area (Å²) < 4.78 is 0. The van der Waals surface area contributed by atoms with E-state index in [-0.39, 0.29) is 5.75 Å². The molecular weight excluding hydrogens is 232 g/mol. The molecular formula is C13H16N2OS. The number of phenols is 1. The van der Waals surface area contributed by atoms with Crippen molar-refractivity contribution in [2.45, 2.75) is 19.9 Å². The van der Waals surface area contributed by atoms with Gasteiger partial charge >= 0.3 is 0 Å². The summed E-state index contributed by atoms with van der Waals surface area (Å²) in [5, 5.41) is 13.5. The molecule has 90 valence electrons. The summed E-state index contributed by atoms with van der Waals surface area (Å²) in [5.41, 5.74) is 2.22. The number of thiazole rings is 1. The van der Waals surface area contributed by atoms with Crippen molar-refractivity contribution in [3.05, 3.63) is 34.8 Å². The van der Waals surface area contributed by atoms with E-state index in [0.717, 1.165) is 29.2 Å². The Morgan fingerprint density at radius 2 is 2.00 bits per heavy atom. The van der Waals surface area contributed by atoms with Gasteiger partial charge < -0.3 is 10.4 Å². The molecule has 3 nitrogen and oxygen atoms in total. The van der Waals surface area contributed by atoms with Crippen molar-refractivity contribution in [1.82, 2.24) is 10.3 Å². The number of nitrogens with zero attached hydrogens (tertiary/aromatic N) is 1. The lowest BCUT2D eigenvalue weighted by atomic mass is 10.2. The van der Waals surface area contributed by atoms with E-state index >= 15 is 0 Å². The summed E-state index contributed by atoms with van der Waals surface area (Å²) in [4.78, 5) is 5.93. The first-order valence-electron chi connectivity index (χ1n) is 5.67. The van der Waals surface area contributed by atoms with Gasteiger partial charge in [-0.05, 0) is 37.7 Å². The van der Waals surface area contributed by atoms with E-state index in [1.165, 1.54) is 4.88 Å². The predicted molar refractivity (Wildman–Crippen MR) is 71.4 cm³/mol. The molecule has 4 heteroatoms. The van der Waals surface area contributed by atoms with Gasteiger partial charge in [-0.15, -0.1) is 11.3 Å². The van der Waals surface area contributed by atoms with Gasteiger partial charge in [-0.25, -0.2) is 4.98 Å². The Morgan fingerprint density at radius 1 is 1.29 bits per heavy atom. The second-order valence-corrected chi connectivity index (χ2v) is 4.90. The molecule has 0 amide bonds. The Balaban J connectivity index is 2.35. The van der Waals surface area contributed by atoms with Crippen molar-refractivity contribution in [2.24, 2.45) is 0 Å². The van der Waals surface area contributed by atoms with Crippen LogP contribution in [-0.2, 0) is 13.0 Å². The third kappa shape index (κ3) is 2.65. The lowest BCUT2D eigenvalue weighted by molar-refractivity contribution is 0.475. The number of phenolic OH excluding ortho intramolecular Hbond substituents is 1. The summed E-state index contributed by atoms with van der Waals surface area (Å²) in [6, 6.07) is 7.19. The second-order valence-electron chi connectivity index (χ2n) is 3.82. The number of nitrogens with one attached hydrogen (secondary N) is 1. The summed E-state index contributed by atoms with van der Waals surface area (Å²) in [7, 11) is 1.94. The molecule has 0 fully saturated rings. The molecule has 0 aliphatic heterocycles. The minimum Gasteiger partial charge on any atom is -0.508 e. The molecule has 2 rings (SSSR count). The van der Waals surface area contributed by atoms with Crippen LogP contribution in [0, 0.1) is 0 Å². The van der Waals surface area contributed by atoms with Crippen molar-refractivity contribution in [2.75, 3.05) is 7.05 Å². The van der Waals surface area contributed by atoms with E-state index < -0.39 is 0 Å². The Morgan fingerprint density at radius 3 is 2.59 bits per heavy atom. The minimum absolute atomic E-state index is 0.288. The topological polar surface area (TPSA) is 45.2 Å². The maximum Gasteiger partial charge on any atom is 0.123 e. The molecule has 17 heavy (non-hydrogen) atoms. The van der Waals surface area contributed by atoms with Gasteiger partial charge in [0, 0.05) is 17.0 Å². The fraction of sp³-hybridized carbons (Fsp3) is 0.308. The highest BCUT2D eigenvalue weighted by Gasteiger charge is 2.10. The van der Waals surface area contributed by atoms with Crippen LogP contribution in [0.5, 0.6) is 5.75 Å². The van der Waals surface area contributed by atoms with Gasteiger partial charge in [-0.1, -0.05) is 6.92 Å². The first-order chi connectivity index (χ1) is 8.24. The van der Waals surface area contributed by atoms with Gasteiger partial charge in [0.15, 0.2) is 0 Å². The van der Waals surface area contributed by atoms with E-state index in [1.54, 1.807) is 23.5 Å². The zero-order valence-electron chi connectivity index (χ0n) is 10.0. The monoisotopic (exact) mass is 248 g/mol. The Kier molecular flexibility index (Phi) is 3.76. The highest BCUT2D eigenvalue weighted by molar-refractivity contribution is 7.15. The third-order valence-electron chi connectivity index (χ3n) is 2.56. The number of benzene rings is 1. The SMILES string of the molecule is CCc1nc(-c2ccc(O)cc2)sc1CNC. The van der Waals surface area contributed by atoms with Gasteiger partial charge in [-0.2, -0.15) is 0 Å². The molecule has 0 unspecified atom stereocenters. The molecule has 0 aliphatic carbocycles. The van der Waals surface area contributed by atoms with Crippen LogP contribution in [0.15, 0.2) is 24.3 Å². The largest absolute Gasteiger partial charge is 0.508 e. The van der Waals surface area contributed by atoms with Gasteiger partial charge in [0.1, 0.15) is 10.8 Å². The summed E-state index contributed by atoms with van der Waals surface area (Å²) >= 11 is 1.71. The van der Waals surface area contributed by atoms with Crippen molar-refractivity contribution >= 4 is 11.3 Å². The van der Waals surface area contributed by atoms with E-state index in [2.05, 4.69) is 17.2 Å². The number of aromatic hydroxyl groups is 1. The fourth-order valence-corrected chi connectivity index (χ4v) is 2.85. The van der Waals surface area contributed by atoms with Crippen LogP contribution in [0.25, 0.3) is 10.6 Å². The van der Waals surface area contributed by atoms with Crippen LogP contribution in [0.2, 0.25) is 0 Å². The lowest BCUT2D eigenvalue weighted by Crippen LogP contribution is -2.05. The fourth-order valence-electron chi connectivity index (χ4n) is 1.69. The van der Waals surface area contributed by atoms with Crippen molar-refractivity contribution in [3.63, 3.8) is 0 Å². The molecule has 2 N–H and O–H groups in total. The minimum atomic E-state index is 0.288.